The number of nitrogens with one attached hydrogen (secondary N) is 1. The van der Waals surface area contributed by atoms with Crippen molar-refractivity contribution < 1.29 is 24.5 Å². The molecule has 0 saturated heterocycles. The van der Waals surface area contributed by atoms with Crippen LogP contribution in [-0.2, 0) is 14.3 Å². The molecule has 0 bridgehead atoms. The zero-order chi connectivity index (χ0) is 55.0. The van der Waals surface area contributed by atoms with Crippen LogP contribution >= 0.6 is 0 Å². The van der Waals surface area contributed by atoms with Gasteiger partial charge in [0.2, 0.25) is 5.91 Å². The van der Waals surface area contributed by atoms with Crippen LogP contribution in [0.5, 0.6) is 0 Å². The Bertz CT molecular complexity index is 1230. The summed E-state index contributed by atoms with van der Waals surface area (Å²) in [5.74, 6) is -0.0539. The largest absolute Gasteiger partial charge is 0.466 e. The van der Waals surface area contributed by atoms with E-state index >= 15 is 0 Å². The Kier molecular flexibility index (Phi) is 63.9. The highest BCUT2D eigenvalue weighted by Gasteiger charge is 2.18. The number of esters is 1. The number of ether oxygens (including phenoxy) is 1. The van der Waals surface area contributed by atoms with Gasteiger partial charge in [-0.05, 0) is 77.0 Å². The van der Waals surface area contributed by atoms with Gasteiger partial charge in [0.15, 0.2) is 0 Å². The third-order valence-corrected chi connectivity index (χ3v) is 15.9. The molecule has 2 atom stereocenters. The lowest BCUT2D eigenvalue weighted by Crippen LogP contribution is -2.45. The lowest BCUT2D eigenvalue weighted by molar-refractivity contribution is -0.143. The van der Waals surface area contributed by atoms with Gasteiger partial charge in [0.25, 0.3) is 0 Å². The molecule has 0 fully saturated rings. The molecule has 76 heavy (non-hydrogen) atoms. The Morgan fingerprint density at radius 2 is 0.632 bits per heavy atom. The lowest BCUT2D eigenvalue weighted by Gasteiger charge is -2.20. The van der Waals surface area contributed by atoms with Crippen molar-refractivity contribution in [2.24, 2.45) is 0 Å². The van der Waals surface area contributed by atoms with E-state index in [1.807, 2.05) is 6.08 Å². The molecule has 1 amide bonds. The summed E-state index contributed by atoms with van der Waals surface area (Å²) < 4.78 is 5.47. The SMILES string of the molecule is CCCC/C=C\CCCCCCCC(=O)OCCCCCCCCCCCCCCCCCC/C=C\CCCCCCCCCCCCCCCCCCCC(=O)NC(CO)C(O)/C=C/CCCCCCCCCCC. The van der Waals surface area contributed by atoms with Gasteiger partial charge < -0.3 is 20.3 Å². The van der Waals surface area contributed by atoms with Crippen molar-refractivity contribution in [1.82, 2.24) is 5.32 Å². The standard InChI is InChI=1S/C70H133NO5/c1-3-5-7-9-11-13-42-46-50-54-58-62-68(73)67(66-72)71-69(74)63-59-55-51-47-44-40-38-36-34-32-30-28-26-24-22-20-18-16-15-17-19-21-23-25-27-29-31-33-35-37-39-41-45-49-53-57-61-65-76-70(75)64-60-56-52-48-43-14-12-10-8-6-4-2/h10,12,15,17,58,62,67-68,72-73H,3-9,11,13-14,16,18-57,59-61,63-66H2,1-2H3,(H,71,74)/b12-10-,17-15-,62-58+. The van der Waals surface area contributed by atoms with Crippen molar-refractivity contribution in [3.63, 3.8) is 0 Å². The van der Waals surface area contributed by atoms with Crippen molar-refractivity contribution >= 4 is 11.9 Å². The zero-order valence-corrected chi connectivity index (χ0v) is 51.3. The number of allylic oxidation sites excluding steroid dienone is 5. The molecular formula is C70H133NO5. The number of amides is 1. The summed E-state index contributed by atoms with van der Waals surface area (Å²) >= 11 is 0. The molecule has 0 saturated carbocycles. The molecule has 0 aliphatic carbocycles. The highest BCUT2D eigenvalue weighted by Crippen LogP contribution is 2.18. The average molecular weight is 1070 g/mol. The first-order valence-corrected chi connectivity index (χ1v) is 34.3. The van der Waals surface area contributed by atoms with Gasteiger partial charge in [0, 0.05) is 12.8 Å². The maximum absolute atomic E-state index is 12.4. The van der Waals surface area contributed by atoms with Gasteiger partial charge in [-0.2, -0.15) is 0 Å². The van der Waals surface area contributed by atoms with Crippen LogP contribution in [0.4, 0.5) is 0 Å². The van der Waals surface area contributed by atoms with E-state index in [0.29, 0.717) is 19.4 Å². The quantitative estimate of drug-likeness (QED) is 0.0320. The summed E-state index contributed by atoms with van der Waals surface area (Å²) in [4.78, 5) is 24.4. The van der Waals surface area contributed by atoms with Crippen LogP contribution in [0.1, 0.15) is 373 Å². The van der Waals surface area contributed by atoms with E-state index in [4.69, 9.17) is 4.74 Å². The minimum absolute atomic E-state index is 0.0101. The molecule has 0 aromatic carbocycles. The molecule has 0 rings (SSSR count). The van der Waals surface area contributed by atoms with Crippen LogP contribution in [-0.4, -0.2) is 47.4 Å². The normalized spacial score (nSPS) is 12.7. The van der Waals surface area contributed by atoms with Crippen LogP contribution in [0.15, 0.2) is 36.5 Å². The van der Waals surface area contributed by atoms with E-state index in [0.717, 1.165) is 44.9 Å². The van der Waals surface area contributed by atoms with Crippen LogP contribution < -0.4 is 5.32 Å². The van der Waals surface area contributed by atoms with Crippen LogP contribution in [0.25, 0.3) is 0 Å². The van der Waals surface area contributed by atoms with E-state index in [2.05, 4.69) is 43.5 Å². The summed E-state index contributed by atoms with van der Waals surface area (Å²) in [6.07, 6.45) is 83.9. The molecule has 6 heteroatoms. The van der Waals surface area contributed by atoms with Gasteiger partial charge in [-0.15, -0.1) is 0 Å². The Morgan fingerprint density at radius 1 is 0.355 bits per heavy atom. The molecule has 0 aromatic heterocycles. The van der Waals surface area contributed by atoms with Gasteiger partial charge in [-0.25, -0.2) is 0 Å². The molecule has 0 radical (unpaired) electrons. The van der Waals surface area contributed by atoms with Crippen molar-refractivity contribution in [3.05, 3.63) is 36.5 Å². The number of carbonyl (C=O) groups excluding carboxylic acids is 2. The Labute approximate surface area is 474 Å². The topological polar surface area (TPSA) is 95.9 Å². The number of carbonyl (C=O) groups is 2. The minimum Gasteiger partial charge on any atom is -0.466 e. The molecular weight excluding hydrogens is 935 g/mol. The second-order valence-electron chi connectivity index (χ2n) is 23.5. The van der Waals surface area contributed by atoms with Gasteiger partial charge in [-0.3, -0.25) is 9.59 Å². The number of hydrogen-bond acceptors (Lipinski definition) is 5. The maximum atomic E-state index is 12.4. The van der Waals surface area contributed by atoms with E-state index in [1.54, 1.807) is 6.08 Å². The Balaban J connectivity index is 3.32. The fraction of sp³-hybridized carbons (Fsp3) is 0.886. The van der Waals surface area contributed by atoms with Crippen molar-refractivity contribution in [2.45, 2.75) is 386 Å². The molecule has 0 heterocycles. The third-order valence-electron chi connectivity index (χ3n) is 15.9. The smallest absolute Gasteiger partial charge is 0.305 e. The summed E-state index contributed by atoms with van der Waals surface area (Å²) in [6.45, 7) is 4.87. The summed E-state index contributed by atoms with van der Waals surface area (Å²) in [5, 5.41) is 23.0. The van der Waals surface area contributed by atoms with E-state index in [-0.39, 0.29) is 18.5 Å². The molecule has 448 valence electrons. The predicted octanol–water partition coefficient (Wildman–Crippen LogP) is 21.9. The van der Waals surface area contributed by atoms with Gasteiger partial charge in [0.1, 0.15) is 0 Å². The molecule has 6 nitrogen and oxygen atoms in total. The predicted molar refractivity (Wildman–Crippen MR) is 333 cm³/mol. The number of aliphatic hydroxyl groups excluding tert-OH is 2. The summed E-state index contributed by atoms with van der Waals surface area (Å²) in [5.41, 5.74) is 0. The molecule has 3 N–H and O–H groups in total. The van der Waals surface area contributed by atoms with Gasteiger partial charge in [-0.1, -0.05) is 320 Å². The number of aliphatic hydroxyl groups is 2. The van der Waals surface area contributed by atoms with E-state index in [9.17, 15) is 19.8 Å². The fourth-order valence-electron chi connectivity index (χ4n) is 10.6. The molecule has 0 aliphatic heterocycles. The number of rotatable bonds is 64. The van der Waals surface area contributed by atoms with Gasteiger partial charge in [0.05, 0.1) is 25.4 Å². The molecule has 0 aromatic rings. The minimum atomic E-state index is -0.840. The second kappa shape index (κ2) is 65.6. The zero-order valence-electron chi connectivity index (χ0n) is 51.3. The summed E-state index contributed by atoms with van der Waals surface area (Å²) in [7, 11) is 0. The summed E-state index contributed by atoms with van der Waals surface area (Å²) in [6, 6.07) is -0.623. The Morgan fingerprint density at radius 3 is 0.974 bits per heavy atom. The monoisotopic (exact) mass is 1070 g/mol. The number of unbranched alkanes of at least 4 members (excludes halogenated alkanes) is 49. The van der Waals surface area contributed by atoms with E-state index < -0.39 is 12.1 Å². The molecule has 0 aliphatic rings. The lowest BCUT2D eigenvalue weighted by atomic mass is 10.0. The second-order valence-corrected chi connectivity index (χ2v) is 23.5. The molecule has 0 spiro atoms. The highest BCUT2D eigenvalue weighted by atomic mass is 16.5. The van der Waals surface area contributed by atoms with Crippen LogP contribution in [0.2, 0.25) is 0 Å². The third kappa shape index (κ3) is 61.3. The first-order valence-electron chi connectivity index (χ1n) is 34.3. The fourth-order valence-corrected chi connectivity index (χ4v) is 10.6. The van der Waals surface area contributed by atoms with Gasteiger partial charge >= 0.3 is 5.97 Å². The maximum Gasteiger partial charge on any atom is 0.305 e. The first kappa shape index (κ1) is 74.1. The van der Waals surface area contributed by atoms with Crippen LogP contribution in [0, 0.1) is 0 Å². The van der Waals surface area contributed by atoms with E-state index in [1.165, 1.54) is 302 Å². The van der Waals surface area contributed by atoms with Crippen molar-refractivity contribution in [3.8, 4) is 0 Å². The highest BCUT2D eigenvalue weighted by molar-refractivity contribution is 5.76. The Hall–Kier alpha value is -1.92. The molecule has 2 unspecified atom stereocenters. The van der Waals surface area contributed by atoms with Crippen molar-refractivity contribution in [2.75, 3.05) is 13.2 Å². The van der Waals surface area contributed by atoms with Crippen molar-refractivity contribution in [1.29, 1.82) is 0 Å². The first-order chi connectivity index (χ1) is 37.5. The number of hydrogen-bond donors (Lipinski definition) is 3. The van der Waals surface area contributed by atoms with Crippen LogP contribution in [0.3, 0.4) is 0 Å². The average Bonchev–Trinajstić information content (AvgIpc) is 3.42.